The van der Waals surface area contributed by atoms with Crippen LogP contribution in [-0.2, 0) is 4.79 Å². The molecule has 1 aromatic carbocycles. The normalized spacial score (nSPS) is 34.7. The fourth-order valence-corrected chi connectivity index (χ4v) is 5.60. The van der Waals surface area contributed by atoms with E-state index in [1.807, 2.05) is 30.3 Å². The Labute approximate surface area is 143 Å². The lowest BCUT2D eigenvalue weighted by molar-refractivity contribution is -0.136. The number of carbonyl (C=O) groups excluding carboxylic acids is 1. The zero-order valence-electron chi connectivity index (χ0n) is 13.4. The fourth-order valence-electron chi connectivity index (χ4n) is 5.39. The topological polar surface area (TPSA) is 41.1 Å². The van der Waals surface area contributed by atoms with Gasteiger partial charge in [-0.1, -0.05) is 31.0 Å². The first-order valence-electron chi connectivity index (χ1n) is 8.80. The predicted molar refractivity (Wildman–Crippen MR) is 96.0 cm³/mol. The molecule has 0 radical (unpaired) electrons. The summed E-state index contributed by atoms with van der Waals surface area (Å²) in [4.78, 5) is 13.0. The molecule has 0 saturated heterocycles. The van der Waals surface area contributed by atoms with E-state index in [0.717, 1.165) is 42.7 Å². The van der Waals surface area contributed by atoms with Crippen molar-refractivity contribution in [1.82, 2.24) is 5.32 Å². The van der Waals surface area contributed by atoms with Crippen LogP contribution >= 0.6 is 12.2 Å². The van der Waals surface area contributed by atoms with E-state index in [9.17, 15) is 4.79 Å². The van der Waals surface area contributed by atoms with E-state index in [-0.39, 0.29) is 11.3 Å². The van der Waals surface area contributed by atoms with Crippen molar-refractivity contribution < 1.29 is 4.79 Å². The zero-order chi connectivity index (χ0) is 15.9. The number of amides is 1. The quantitative estimate of drug-likeness (QED) is 0.803. The van der Waals surface area contributed by atoms with Crippen molar-refractivity contribution in [2.75, 3.05) is 5.32 Å². The number of hydrogen-bond acceptors (Lipinski definition) is 2. The van der Waals surface area contributed by atoms with Crippen LogP contribution in [0.25, 0.3) is 0 Å². The van der Waals surface area contributed by atoms with Crippen molar-refractivity contribution >= 4 is 28.9 Å². The smallest absolute Gasteiger partial charge is 0.232 e. The average Bonchev–Trinajstić information content (AvgIpc) is 2.74. The largest absolute Gasteiger partial charge is 0.332 e. The molecule has 4 aliphatic rings. The summed E-state index contributed by atoms with van der Waals surface area (Å²) in [5, 5.41) is 6.54. The first-order valence-corrected chi connectivity index (χ1v) is 9.21. The Morgan fingerprint density at radius 2 is 1.61 bits per heavy atom. The van der Waals surface area contributed by atoms with Gasteiger partial charge in [-0.15, -0.1) is 0 Å². The lowest BCUT2D eigenvalue weighted by Gasteiger charge is -2.47. The molecule has 4 heteroatoms. The zero-order valence-corrected chi connectivity index (χ0v) is 14.2. The Kier molecular flexibility index (Phi) is 3.88. The van der Waals surface area contributed by atoms with Crippen molar-refractivity contribution in [2.24, 2.45) is 23.2 Å². The van der Waals surface area contributed by atoms with Gasteiger partial charge < -0.3 is 10.6 Å². The molecule has 4 bridgehead atoms. The summed E-state index contributed by atoms with van der Waals surface area (Å²) < 4.78 is 0. The Morgan fingerprint density at radius 1 is 1.00 bits per heavy atom. The molecule has 0 aliphatic heterocycles. The number of anilines is 1. The maximum absolute atomic E-state index is 13.0. The van der Waals surface area contributed by atoms with Crippen LogP contribution in [-0.4, -0.2) is 11.0 Å². The summed E-state index contributed by atoms with van der Waals surface area (Å²) in [5.41, 5.74) is 0.760. The third-order valence-corrected chi connectivity index (χ3v) is 6.30. The van der Waals surface area contributed by atoms with E-state index in [1.165, 1.54) is 25.7 Å². The molecule has 3 nitrogen and oxygen atoms in total. The van der Waals surface area contributed by atoms with Crippen LogP contribution in [0.15, 0.2) is 30.3 Å². The van der Waals surface area contributed by atoms with Crippen LogP contribution in [0.1, 0.15) is 44.9 Å². The SMILES string of the molecule is O=C(NC(=S)Nc1ccccc1)C12CC3C[C@@H](CC[C@H](C3)C1)C2. The Bertz CT molecular complexity index is 599. The number of para-hydroxylation sites is 1. The molecule has 0 aromatic heterocycles. The molecule has 0 spiro atoms. The van der Waals surface area contributed by atoms with Gasteiger partial charge in [-0.25, -0.2) is 0 Å². The highest BCUT2D eigenvalue weighted by atomic mass is 32.1. The third-order valence-electron chi connectivity index (χ3n) is 6.10. The Morgan fingerprint density at radius 3 is 2.26 bits per heavy atom. The summed E-state index contributed by atoms with van der Waals surface area (Å²) in [6.07, 6.45) is 8.54. The second-order valence-electron chi connectivity index (χ2n) is 7.81. The lowest BCUT2D eigenvalue weighted by atomic mass is 9.58. The highest BCUT2D eigenvalue weighted by Crippen LogP contribution is 2.57. The van der Waals surface area contributed by atoms with Crippen LogP contribution in [0.4, 0.5) is 5.69 Å². The Hall–Kier alpha value is -1.42. The number of carbonyl (C=O) groups is 1. The molecule has 4 saturated carbocycles. The second kappa shape index (κ2) is 5.90. The highest BCUT2D eigenvalue weighted by molar-refractivity contribution is 7.80. The average molecular weight is 328 g/mol. The minimum Gasteiger partial charge on any atom is -0.332 e. The maximum Gasteiger partial charge on any atom is 0.232 e. The molecule has 122 valence electrons. The van der Waals surface area contributed by atoms with Gasteiger partial charge in [0.25, 0.3) is 0 Å². The van der Waals surface area contributed by atoms with Crippen LogP contribution < -0.4 is 10.6 Å². The minimum absolute atomic E-state index is 0.157. The van der Waals surface area contributed by atoms with Crippen LogP contribution in [0.2, 0.25) is 0 Å². The number of thiocarbonyl (C=S) groups is 1. The van der Waals surface area contributed by atoms with Gasteiger partial charge in [0, 0.05) is 5.69 Å². The molecule has 1 aromatic rings. The van der Waals surface area contributed by atoms with E-state index < -0.39 is 0 Å². The van der Waals surface area contributed by atoms with Crippen LogP contribution in [0, 0.1) is 23.2 Å². The van der Waals surface area contributed by atoms with Crippen molar-refractivity contribution in [3.63, 3.8) is 0 Å². The summed E-state index contributed by atoms with van der Waals surface area (Å²) in [5.74, 6) is 2.42. The van der Waals surface area contributed by atoms with Crippen molar-refractivity contribution in [2.45, 2.75) is 44.9 Å². The third kappa shape index (κ3) is 3.01. The minimum atomic E-state index is -0.157. The molecule has 4 fully saturated rings. The summed E-state index contributed by atoms with van der Waals surface area (Å²) in [6.45, 7) is 0. The lowest BCUT2D eigenvalue weighted by Crippen LogP contribution is -2.50. The molecule has 0 unspecified atom stereocenters. The van der Waals surface area contributed by atoms with Crippen LogP contribution in [0.5, 0.6) is 0 Å². The highest BCUT2D eigenvalue weighted by Gasteiger charge is 2.52. The fraction of sp³-hybridized carbons (Fsp3) is 0.579. The number of benzene rings is 1. The van der Waals surface area contributed by atoms with Gasteiger partial charge in [0.05, 0.1) is 5.41 Å². The van der Waals surface area contributed by atoms with Crippen molar-refractivity contribution in [1.29, 1.82) is 0 Å². The van der Waals surface area contributed by atoms with Gasteiger partial charge in [-0.05, 0) is 74.2 Å². The number of rotatable bonds is 2. The number of nitrogens with one attached hydrogen (secondary N) is 2. The number of fused-ring (bicyclic) bond motifs is 1. The Balaban J connectivity index is 1.45. The first kappa shape index (κ1) is 15.1. The molecule has 0 heterocycles. The molecule has 1 amide bonds. The molecular formula is C19H24N2OS. The van der Waals surface area contributed by atoms with Gasteiger partial charge in [-0.2, -0.15) is 0 Å². The molecule has 2 atom stereocenters. The molecule has 2 N–H and O–H groups in total. The molecule has 4 aliphatic carbocycles. The van der Waals surface area contributed by atoms with Gasteiger partial charge in [0.1, 0.15) is 0 Å². The molecular weight excluding hydrogens is 304 g/mol. The second-order valence-corrected chi connectivity index (χ2v) is 8.22. The van der Waals surface area contributed by atoms with Crippen LogP contribution in [0.3, 0.4) is 0 Å². The maximum atomic E-state index is 13.0. The van der Waals surface area contributed by atoms with Crippen molar-refractivity contribution in [3.05, 3.63) is 30.3 Å². The first-order chi connectivity index (χ1) is 11.1. The van der Waals surface area contributed by atoms with E-state index in [0.29, 0.717) is 5.11 Å². The summed E-state index contributed by atoms with van der Waals surface area (Å²) >= 11 is 5.36. The van der Waals surface area contributed by atoms with Gasteiger partial charge in [-0.3, -0.25) is 4.79 Å². The van der Waals surface area contributed by atoms with Gasteiger partial charge in [0.15, 0.2) is 5.11 Å². The predicted octanol–water partition coefficient (Wildman–Crippen LogP) is 4.11. The van der Waals surface area contributed by atoms with E-state index in [2.05, 4.69) is 10.6 Å². The summed E-state index contributed by atoms with van der Waals surface area (Å²) in [7, 11) is 0. The molecule has 5 rings (SSSR count). The molecule has 23 heavy (non-hydrogen) atoms. The van der Waals surface area contributed by atoms with E-state index >= 15 is 0 Å². The monoisotopic (exact) mass is 328 g/mol. The van der Waals surface area contributed by atoms with Gasteiger partial charge in [0.2, 0.25) is 5.91 Å². The van der Waals surface area contributed by atoms with Gasteiger partial charge >= 0.3 is 0 Å². The van der Waals surface area contributed by atoms with E-state index in [1.54, 1.807) is 0 Å². The summed E-state index contributed by atoms with van der Waals surface area (Å²) in [6, 6.07) is 9.78. The number of hydrogen-bond donors (Lipinski definition) is 2. The standard InChI is InChI=1S/C19H24N2OS/c22-17(21-18(23)20-16-4-2-1-3-5-16)19-10-13-6-7-14(11-19)9-15(8-13)12-19/h1-5,13-15H,6-12H2,(H2,20,21,22,23)/t13-,14-,15?,19?/m1/s1. The van der Waals surface area contributed by atoms with Crippen molar-refractivity contribution in [3.8, 4) is 0 Å². The van der Waals surface area contributed by atoms with E-state index in [4.69, 9.17) is 12.2 Å².